The maximum atomic E-state index is 11.4. The third-order valence-corrected chi connectivity index (χ3v) is 3.95. The second kappa shape index (κ2) is 6.38. The summed E-state index contributed by atoms with van der Waals surface area (Å²) in [5.41, 5.74) is 0.266. The third-order valence-electron chi connectivity index (χ3n) is 3.95. The average Bonchev–Trinajstić information content (AvgIpc) is 2.94. The number of hydrogen-bond acceptors (Lipinski definition) is 7. The van der Waals surface area contributed by atoms with Crippen molar-refractivity contribution in [1.29, 1.82) is 0 Å². The van der Waals surface area contributed by atoms with E-state index >= 15 is 0 Å². The number of H-pyrrole nitrogens is 1. The Morgan fingerprint density at radius 1 is 1.17 bits per heavy atom. The van der Waals surface area contributed by atoms with Crippen LogP contribution in [0, 0.1) is 0 Å². The van der Waals surface area contributed by atoms with Crippen LogP contribution in [0.5, 0.6) is 5.75 Å². The van der Waals surface area contributed by atoms with Gasteiger partial charge < -0.3 is 40.0 Å². The van der Waals surface area contributed by atoms with Gasteiger partial charge in [0.15, 0.2) is 11.4 Å². The second-order valence-electron chi connectivity index (χ2n) is 5.49. The number of aromatic amines is 1. The highest BCUT2D eigenvalue weighted by molar-refractivity contribution is 6.00. The fraction of sp³-hybridized carbons (Fsp3) is 0.400. The van der Waals surface area contributed by atoms with Crippen LogP contribution < -0.4 is 4.74 Å². The van der Waals surface area contributed by atoms with Crippen molar-refractivity contribution >= 4 is 16.9 Å². The molecule has 0 amide bonds. The Balaban J connectivity index is 1.97. The van der Waals surface area contributed by atoms with E-state index in [1.165, 1.54) is 0 Å². The molecule has 9 heteroatoms. The number of aromatic carboxylic acids is 1. The normalized spacial score (nSPS) is 30.4. The number of carboxylic acids is 1. The topological polar surface area (TPSA) is 152 Å². The van der Waals surface area contributed by atoms with E-state index in [2.05, 4.69) is 4.98 Å². The number of hydrogen-bond donors (Lipinski definition) is 6. The molecule has 2 heterocycles. The molecule has 130 valence electrons. The van der Waals surface area contributed by atoms with Gasteiger partial charge in [0, 0.05) is 10.9 Å². The standard InChI is InChI=1S/C15H17NO8/c17-5-8-10(18)11(19)12(20)15(23-8)24-13-6-3-1-2-4-7(6)16-9(13)14(21)22/h1-4,8,10-12,15-20H,5H2,(H,21,22)/t8-,10-,11+,12-,15+/m1/s1. The van der Waals surface area contributed by atoms with E-state index < -0.39 is 43.3 Å². The van der Waals surface area contributed by atoms with Gasteiger partial charge in [-0.2, -0.15) is 0 Å². The molecule has 1 aliphatic heterocycles. The molecule has 0 bridgehead atoms. The summed E-state index contributed by atoms with van der Waals surface area (Å²) in [4.78, 5) is 14.1. The molecule has 3 rings (SSSR count). The van der Waals surface area contributed by atoms with Crippen molar-refractivity contribution < 1.29 is 39.8 Å². The summed E-state index contributed by atoms with van der Waals surface area (Å²) >= 11 is 0. The molecule has 1 aromatic carbocycles. The maximum absolute atomic E-state index is 11.4. The van der Waals surface area contributed by atoms with Crippen LogP contribution in [0.3, 0.4) is 0 Å². The number of benzene rings is 1. The molecule has 1 aliphatic rings. The zero-order chi connectivity index (χ0) is 17.4. The van der Waals surface area contributed by atoms with E-state index in [0.29, 0.717) is 10.9 Å². The summed E-state index contributed by atoms with van der Waals surface area (Å²) < 4.78 is 10.7. The first-order chi connectivity index (χ1) is 11.4. The van der Waals surface area contributed by atoms with Crippen molar-refractivity contribution in [1.82, 2.24) is 4.98 Å². The zero-order valence-electron chi connectivity index (χ0n) is 12.4. The van der Waals surface area contributed by atoms with Gasteiger partial charge in [0.05, 0.1) is 6.61 Å². The van der Waals surface area contributed by atoms with Gasteiger partial charge in [0.1, 0.15) is 24.4 Å². The van der Waals surface area contributed by atoms with Gasteiger partial charge >= 0.3 is 5.97 Å². The van der Waals surface area contributed by atoms with Crippen molar-refractivity contribution in [3.8, 4) is 5.75 Å². The fourth-order valence-corrected chi connectivity index (χ4v) is 2.67. The molecule has 1 aromatic heterocycles. The monoisotopic (exact) mass is 339 g/mol. The van der Waals surface area contributed by atoms with E-state index in [9.17, 15) is 30.3 Å². The second-order valence-corrected chi connectivity index (χ2v) is 5.49. The molecule has 5 atom stereocenters. The van der Waals surface area contributed by atoms with Crippen LogP contribution in [0.1, 0.15) is 10.5 Å². The molecule has 0 spiro atoms. The van der Waals surface area contributed by atoms with E-state index in [1.54, 1.807) is 24.3 Å². The Bertz CT molecular complexity index is 742. The predicted octanol–water partition coefficient (Wildman–Crippen LogP) is -0.955. The van der Waals surface area contributed by atoms with Crippen molar-refractivity contribution in [3.63, 3.8) is 0 Å². The van der Waals surface area contributed by atoms with Crippen LogP contribution >= 0.6 is 0 Å². The smallest absolute Gasteiger partial charge is 0.356 e. The van der Waals surface area contributed by atoms with Crippen molar-refractivity contribution in [2.75, 3.05) is 6.61 Å². The summed E-state index contributed by atoms with van der Waals surface area (Å²) in [7, 11) is 0. The lowest BCUT2D eigenvalue weighted by Crippen LogP contribution is -2.60. The van der Waals surface area contributed by atoms with Gasteiger partial charge in [-0.25, -0.2) is 4.79 Å². The van der Waals surface area contributed by atoms with E-state index in [1.807, 2.05) is 0 Å². The largest absolute Gasteiger partial charge is 0.476 e. The van der Waals surface area contributed by atoms with Gasteiger partial charge in [-0.1, -0.05) is 12.1 Å². The highest BCUT2D eigenvalue weighted by atomic mass is 16.7. The lowest BCUT2D eigenvalue weighted by atomic mass is 9.99. The molecule has 2 aromatic rings. The summed E-state index contributed by atoms with van der Waals surface area (Å²) in [6.07, 6.45) is -7.37. The Morgan fingerprint density at radius 3 is 2.54 bits per heavy atom. The highest BCUT2D eigenvalue weighted by Crippen LogP contribution is 2.33. The number of ether oxygens (including phenoxy) is 2. The highest BCUT2D eigenvalue weighted by Gasteiger charge is 2.45. The van der Waals surface area contributed by atoms with E-state index in [-0.39, 0.29) is 11.4 Å². The van der Waals surface area contributed by atoms with Gasteiger partial charge in [-0.3, -0.25) is 0 Å². The Hall–Kier alpha value is -2.17. The molecule has 6 N–H and O–H groups in total. The lowest BCUT2D eigenvalue weighted by Gasteiger charge is -2.39. The Morgan fingerprint density at radius 2 is 1.88 bits per heavy atom. The minimum absolute atomic E-state index is 0.0672. The van der Waals surface area contributed by atoms with Crippen LogP contribution in [-0.4, -0.2) is 73.8 Å². The molecule has 1 saturated heterocycles. The first-order valence-corrected chi connectivity index (χ1v) is 7.25. The van der Waals surface area contributed by atoms with Crippen LogP contribution in [-0.2, 0) is 4.74 Å². The summed E-state index contributed by atoms with van der Waals surface area (Å²) in [6, 6.07) is 6.67. The minimum Gasteiger partial charge on any atom is -0.476 e. The average molecular weight is 339 g/mol. The van der Waals surface area contributed by atoms with Gasteiger partial charge in [0.25, 0.3) is 0 Å². The molecule has 24 heavy (non-hydrogen) atoms. The number of para-hydroxylation sites is 1. The summed E-state index contributed by atoms with van der Waals surface area (Å²) in [5.74, 6) is -1.34. The molecular weight excluding hydrogens is 322 g/mol. The molecular formula is C15H17NO8. The van der Waals surface area contributed by atoms with Gasteiger partial charge in [-0.15, -0.1) is 0 Å². The minimum atomic E-state index is -1.63. The number of rotatable bonds is 4. The number of carboxylic acid groups (broad SMARTS) is 1. The third kappa shape index (κ3) is 2.72. The number of nitrogens with one attached hydrogen (secondary N) is 1. The predicted molar refractivity (Wildman–Crippen MR) is 79.7 cm³/mol. The quantitative estimate of drug-likeness (QED) is 0.417. The first-order valence-electron chi connectivity index (χ1n) is 7.25. The first kappa shape index (κ1) is 16.7. The van der Waals surface area contributed by atoms with Crippen molar-refractivity contribution in [3.05, 3.63) is 30.0 Å². The molecule has 9 nitrogen and oxygen atoms in total. The Labute approximate surface area is 135 Å². The van der Waals surface area contributed by atoms with Crippen LogP contribution in [0.4, 0.5) is 0 Å². The molecule has 0 saturated carbocycles. The van der Waals surface area contributed by atoms with Crippen LogP contribution in [0.2, 0.25) is 0 Å². The van der Waals surface area contributed by atoms with E-state index in [4.69, 9.17) is 9.47 Å². The fourth-order valence-electron chi connectivity index (χ4n) is 2.67. The maximum Gasteiger partial charge on any atom is 0.356 e. The van der Waals surface area contributed by atoms with Crippen LogP contribution in [0.15, 0.2) is 24.3 Å². The number of fused-ring (bicyclic) bond motifs is 1. The number of carbonyl (C=O) groups is 1. The number of aliphatic hydroxyl groups is 4. The molecule has 0 unspecified atom stereocenters. The summed E-state index contributed by atoms with van der Waals surface area (Å²) in [5, 5.41) is 48.5. The number of aliphatic hydroxyl groups excluding tert-OH is 4. The molecule has 0 radical (unpaired) electrons. The lowest BCUT2D eigenvalue weighted by molar-refractivity contribution is -0.277. The van der Waals surface area contributed by atoms with Crippen molar-refractivity contribution in [2.45, 2.75) is 30.7 Å². The molecule has 0 aliphatic carbocycles. The van der Waals surface area contributed by atoms with E-state index in [0.717, 1.165) is 0 Å². The number of aromatic nitrogens is 1. The van der Waals surface area contributed by atoms with Gasteiger partial charge in [-0.05, 0) is 12.1 Å². The SMILES string of the molecule is O=C(O)c1[nH]c2ccccc2c1O[C@@H]1O[C@H](CO)[C@@H](O)[C@H](O)[C@H]1O. The Kier molecular flexibility index (Phi) is 4.43. The van der Waals surface area contributed by atoms with Gasteiger partial charge in [0.2, 0.25) is 6.29 Å². The zero-order valence-corrected chi connectivity index (χ0v) is 12.4. The molecule has 1 fully saturated rings. The van der Waals surface area contributed by atoms with Crippen LogP contribution in [0.25, 0.3) is 10.9 Å². The summed E-state index contributed by atoms with van der Waals surface area (Å²) in [6.45, 7) is -0.607. The van der Waals surface area contributed by atoms with Crippen molar-refractivity contribution in [2.24, 2.45) is 0 Å².